The van der Waals surface area contributed by atoms with Crippen LogP contribution >= 0.6 is 11.6 Å². The van der Waals surface area contributed by atoms with E-state index in [1.807, 2.05) is 26.0 Å². The first-order chi connectivity index (χ1) is 5.74. The molecule has 0 nitrogen and oxygen atoms in total. The van der Waals surface area contributed by atoms with Gasteiger partial charge in [0.2, 0.25) is 0 Å². The molecule has 0 saturated heterocycles. The summed E-state index contributed by atoms with van der Waals surface area (Å²) < 4.78 is 0. The normalized spacial score (nSPS) is 8.75. The van der Waals surface area contributed by atoms with Gasteiger partial charge in [-0.15, -0.1) is 0 Å². The highest BCUT2D eigenvalue weighted by molar-refractivity contribution is 6.30. The van der Waals surface area contributed by atoms with Crippen molar-refractivity contribution in [2.24, 2.45) is 0 Å². The lowest BCUT2D eigenvalue weighted by atomic mass is 10.1. The van der Waals surface area contributed by atoms with Crippen LogP contribution in [0.25, 0.3) is 0 Å². The van der Waals surface area contributed by atoms with E-state index in [0.717, 1.165) is 11.4 Å². The lowest BCUT2D eigenvalue weighted by Crippen LogP contribution is -1.84. The van der Waals surface area contributed by atoms with Gasteiger partial charge < -0.3 is 0 Å². The van der Waals surface area contributed by atoms with Crippen LogP contribution < -0.4 is 0 Å². The van der Waals surface area contributed by atoms with E-state index in [-0.39, 0.29) is 0 Å². The van der Waals surface area contributed by atoms with Crippen molar-refractivity contribution in [3.63, 3.8) is 0 Å². The third-order valence-electron chi connectivity index (χ3n) is 1.69. The Kier molecular flexibility index (Phi) is 5.83. The largest absolute Gasteiger partial charge is 0.0843 e. The second-order valence-corrected chi connectivity index (χ2v) is 2.86. The minimum Gasteiger partial charge on any atom is -0.0843 e. The van der Waals surface area contributed by atoms with Crippen LogP contribution in [0.5, 0.6) is 0 Å². The van der Waals surface area contributed by atoms with Crippen molar-refractivity contribution in [3.8, 4) is 0 Å². The fraction of sp³-hybridized carbons (Fsp3) is 0.455. The Labute approximate surface area is 80.6 Å². The maximum atomic E-state index is 5.80. The number of rotatable bonds is 1. The Morgan fingerprint density at radius 2 is 1.83 bits per heavy atom. The monoisotopic (exact) mass is 184 g/mol. The molecular weight excluding hydrogens is 168 g/mol. The molecule has 0 heterocycles. The zero-order chi connectivity index (χ0) is 9.56. The summed E-state index contributed by atoms with van der Waals surface area (Å²) in [5.74, 6) is 0. The molecule has 1 aromatic carbocycles. The van der Waals surface area contributed by atoms with Crippen LogP contribution in [0.3, 0.4) is 0 Å². The maximum Gasteiger partial charge on any atom is 0.0408 e. The summed E-state index contributed by atoms with van der Waals surface area (Å²) in [4.78, 5) is 0. The third kappa shape index (κ3) is 3.27. The second-order valence-electron chi connectivity index (χ2n) is 2.42. The zero-order valence-electron chi connectivity index (χ0n) is 8.32. The molecule has 0 aliphatic heterocycles. The molecule has 12 heavy (non-hydrogen) atoms. The summed E-state index contributed by atoms with van der Waals surface area (Å²) in [6, 6.07) is 6.01. The molecule has 0 atom stereocenters. The first-order valence-corrected chi connectivity index (χ1v) is 4.87. The van der Waals surface area contributed by atoms with Gasteiger partial charge in [-0.1, -0.05) is 38.4 Å². The molecule has 68 valence electrons. The van der Waals surface area contributed by atoms with Gasteiger partial charge in [0.25, 0.3) is 0 Å². The van der Waals surface area contributed by atoms with Crippen molar-refractivity contribution >= 4 is 11.6 Å². The fourth-order valence-corrected chi connectivity index (χ4v) is 1.22. The molecule has 1 heteroatoms. The van der Waals surface area contributed by atoms with Gasteiger partial charge in [0.15, 0.2) is 0 Å². The van der Waals surface area contributed by atoms with E-state index < -0.39 is 0 Å². The molecule has 0 spiro atoms. The highest BCUT2D eigenvalue weighted by atomic mass is 35.5. The molecule has 0 aliphatic carbocycles. The number of aryl methyl sites for hydroxylation is 2. The molecule has 0 fully saturated rings. The fourth-order valence-electron chi connectivity index (χ4n) is 1.02. The predicted octanol–water partition coefficient (Wildman–Crippen LogP) is 4.24. The molecule has 0 N–H and O–H groups in total. The van der Waals surface area contributed by atoms with E-state index >= 15 is 0 Å². The molecule has 0 aliphatic rings. The van der Waals surface area contributed by atoms with Crippen molar-refractivity contribution in [1.29, 1.82) is 0 Å². The van der Waals surface area contributed by atoms with E-state index in [9.17, 15) is 0 Å². The van der Waals surface area contributed by atoms with Crippen molar-refractivity contribution in [3.05, 3.63) is 34.3 Å². The summed E-state index contributed by atoms with van der Waals surface area (Å²) in [6.07, 6.45) is 1.06. The molecule has 0 saturated carbocycles. The molecule has 1 rings (SSSR count). The Morgan fingerprint density at radius 1 is 1.25 bits per heavy atom. The lowest BCUT2D eigenvalue weighted by molar-refractivity contribution is 1.11. The topological polar surface area (TPSA) is 0 Å². The van der Waals surface area contributed by atoms with Crippen LogP contribution in [-0.4, -0.2) is 0 Å². The molecule has 0 amide bonds. The number of hydrogen-bond donors (Lipinski definition) is 0. The van der Waals surface area contributed by atoms with Crippen LogP contribution in [0.4, 0.5) is 0 Å². The van der Waals surface area contributed by atoms with E-state index in [1.54, 1.807) is 0 Å². The van der Waals surface area contributed by atoms with Crippen molar-refractivity contribution in [2.45, 2.75) is 34.1 Å². The number of benzene rings is 1. The van der Waals surface area contributed by atoms with Crippen LogP contribution in [0, 0.1) is 6.92 Å². The summed E-state index contributed by atoms with van der Waals surface area (Å²) in [5.41, 5.74) is 2.67. The Morgan fingerprint density at radius 3 is 2.25 bits per heavy atom. The predicted molar refractivity (Wildman–Crippen MR) is 56.9 cm³/mol. The number of hydrogen-bond acceptors (Lipinski definition) is 0. The second kappa shape index (κ2) is 6.07. The van der Waals surface area contributed by atoms with Gasteiger partial charge in [-0.3, -0.25) is 0 Å². The van der Waals surface area contributed by atoms with Crippen molar-refractivity contribution in [2.75, 3.05) is 0 Å². The van der Waals surface area contributed by atoms with Gasteiger partial charge >= 0.3 is 0 Å². The van der Waals surface area contributed by atoms with Gasteiger partial charge in [-0.2, -0.15) is 0 Å². The van der Waals surface area contributed by atoms with Gasteiger partial charge in [-0.05, 0) is 36.6 Å². The summed E-state index contributed by atoms with van der Waals surface area (Å²) >= 11 is 5.80. The SMILES string of the molecule is CC.CCc1cc(Cl)ccc1C. The minimum atomic E-state index is 0.836. The quantitative estimate of drug-likeness (QED) is 0.613. The Hall–Kier alpha value is -0.490. The molecule has 0 unspecified atom stereocenters. The molecule has 0 aromatic heterocycles. The third-order valence-corrected chi connectivity index (χ3v) is 1.93. The van der Waals surface area contributed by atoms with Crippen LogP contribution in [0.1, 0.15) is 31.9 Å². The maximum absolute atomic E-state index is 5.80. The molecule has 0 radical (unpaired) electrons. The van der Waals surface area contributed by atoms with E-state index in [2.05, 4.69) is 19.9 Å². The smallest absolute Gasteiger partial charge is 0.0408 e. The van der Waals surface area contributed by atoms with Crippen LogP contribution in [0.15, 0.2) is 18.2 Å². The van der Waals surface area contributed by atoms with Crippen molar-refractivity contribution < 1.29 is 0 Å². The highest BCUT2D eigenvalue weighted by Gasteiger charge is 1.94. The first-order valence-electron chi connectivity index (χ1n) is 4.49. The summed E-state index contributed by atoms with van der Waals surface area (Å²) in [5, 5.41) is 0.836. The minimum absolute atomic E-state index is 0.836. The molecule has 1 aromatic rings. The average molecular weight is 185 g/mol. The molecule has 0 bridgehead atoms. The lowest BCUT2D eigenvalue weighted by Gasteiger charge is -2.01. The first kappa shape index (κ1) is 11.5. The van der Waals surface area contributed by atoms with Crippen LogP contribution in [0.2, 0.25) is 5.02 Å². The van der Waals surface area contributed by atoms with Crippen LogP contribution in [-0.2, 0) is 6.42 Å². The van der Waals surface area contributed by atoms with Gasteiger partial charge in [0.1, 0.15) is 0 Å². The standard InChI is InChI=1S/C9H11Cl.C2H6/c1-3-8-6-9(10)5-4-7(8)2;1-2/h4-6H,3H2,1-2H3;1-2H3. The average Bonchev–Trinajstić information content (AvgIpc) is 2.13. The van der Waals surface area contributed by atoms with Gasteiger partial charge in [0.05, 0.1) is 0 Å². The van der Waals surface area contributed by atoms with E-state index in [0.29, 0.717) is 0 Å². The zero-order valence-corrected chi connectivity index (χ0v) is 9.07. The van der Waals surface area contributed by atoms with Gasteiger partial charge in [-0.25, -0.2) is 0 Å². The van der Waals surface area contributed by atoms with E-state index in [4.69, 9.17) is 11.6 Å². The molecular formula is C11H17Cl. The van der Waals surface area contributed by atoms with Crippen molar-refractivity contribution in [1.82, 2.24) is 0 Å². The summed E-state index contributed by atoms with van der Waals surface area (Å²) in [6.45, 7) is 8.24. The van der Waals surface area contributed by atoms with E-state index in [1.165, 1.54) is 11.1 Å². The van der Waals surface area contributed by atoms with Gasteiger partial charge in [0, 0.05) is 5.02 Å². The summed E-state index contributed by atoms with van der Waals surface area (Å²) in [7, 11) is 0. The Balaban J connectivity index is 0.000000561. The highest BCUT2D eigenvalue weighted by Crippen LogP contribution is 2.15. The Bertz CT molecular complexity index is 228. The number of halogens is 1.